The molecule has 1 heterocycles. The maximum Gasteiger partial charge on any atom is 0.228 e. The van der Waals surface area contributed by atoms with Crippen molar-refractivity contribution in [2.24, 2.45) is 17.3 Å². The van der Waals surface area contributed by atoms with Crippen LogP contribution in [-0.4, -0.2) is 41.4 Å². The van der Waals surface area contributed by atoms with Gasteiger partial charge in [-0.2, -0.15) is 0 Å². The first-order valence-corrected chi connectivity index (χ1v) is 11.4. The molecule has 5 fully saturated rings. The van der Waals surface area contributed by atoms with E-state index in [2.05, 4.69) is 5.32 Å². The molecule has 1 aromatic rings. The van der Waals surface area contributed by atoms with E-state index in [9.17, 15) is 14.0 Å². The average molecular weight is 415 g/mol. The third-order valence-electron chi connectivity index (χ3n) is 7.78. The summed E-state index contributed by atoms with van der Waals surface area (Å²) in [5.41, 5.74) is -0.479. The smallest absolute Gasteiger partial charge is 0.228 e. The van der Waals surface area contributed by atoms with Crippen molar-refractivity contribution in [3.63, 3.8) is 0 Å². The number of amides is 2. The van der Waals surface area contributed by atoms with Gasteiger partial charge < -0.3 is 15.0 Å². The Hall–Kier alpha value is -2.11. The summed E-state index contributed by atoms with van der Waals surface area (Å²) in [6.45, 7) is 2.96. The number of hydrogen-bond acceptors (Lipinski definition) is 3. The van der Waals surface area contributed by atoms with Crippen LogP contribution in [0.2, 0.25) is 0 Å². The largest absolute Gasteiger partial charge is 0.490 e. The van der Waals surface area contributed by atoms with Crippen LogP contribution in [0.5, 0.6) is 5.75 Å². The van der Waals surface area contributed by atoms with Crippen LogP contribution in [0.1, 0.15) is 58.3 Å². The highest BCUT2D eigenvalue weighted by molar-refractivity contribution is 5.84. The SMILES string of the molecule is CC(=O)NC12CC3CC(C1)CC(C(=O)N1CCC(Oc4cccc(F)c4)CC1)(C3)C2. The van der Waals surface area contributed by atoms with Crippen molar-refractivity contribution in [1.29, 1.82) is 0 Å². The Morgan fingerprint density at radius 2 is 1.83 bits per heavy atom. The number of benzene rings is 1. The Morgan fingerprint density at radius 1 is 1.13 bits per heavy atom. The molecule has 1 saturated heterocycles. The highest BCUT2D eigenvalue weighted by atomic mass is 19.1. The molecule has 30 heavy (non-hydrogen) atoms. The standard InChI is InChI=1S/C24H31FN2O3/c1-16(28)26-24-13-17-9-18(14-24)12-23(11-17,15-24)22(29)27-7-5-20(6-8-27)30-21-4-2-3-19(25)10-21/h2-4,10,17-18,20H,5-9,11-15H2,1H3,(H,26,28). The third kappa shape index (κ3) is 3.58. The molecule has 0 radical (unpaired) electrons. The molecule has 2 amide bonds. The quantitative estimate of drug-likeness (QED) is 0.818. The number of halogens is 1. The summed E-state index contributed by atoms with van der Waals surface area (Å²) >= 11 is 0. The Morgan fingerprint density at radius 3 is 2.47 bits per heavy atom. The molecular formula is C24H31FN2O3. The number of carbonyl (C=O) groups is 2. The summed E-state index contributed by atoms with van der Waals surface area (Å²) in [6.07, 6.45) is 7.56. The summed E-state index contributed by atoms with van der Waals surface area (Å²) in [7, 11) is 0. The fourth-order valence-corrected chi connectivity index (χ4v) is 7.28. The van der Waals surface area contributed by atoms with Gasteiger partial charge in [-0.25, -0.2) is 4.39 Å². The van der Waals surface area contributed by atoms with Crippen LogP contribution < -0.4 is 10.1 Å². The topological polar surface area (TPSA) is 58.6 Å². The van der Waals surface area contributed by atoms with Gasteiger partial charge in [-0.05, 0) is 62.5 Å². The van der Waals surface area contributed by atoms with E-state index in [0.717, 1.165) is 44.9 Å². The van der Waals surface area contributed by atoms with Crippen molar-refractivity contribution in [2.45, 2.75) is 69.9 Å². The lowest BCUT2D eigenvalue weighted by molar-refractivity contribution is -0.164. The Balaban J connectivity index is 1.25. The van der Waals surface area contributed by atoms with Gasteiger partial charge in [-0.15, -0.1) is 0 Å². The first-order chi connectivity index (χ1) is 14.3. The Kier molecular flexibility index (Phi) is 4.79. The van der Waals surface area contributed by atoms with Crippen LogP contribution in [0.4, 0.5) is 4.39 Å². The van der Waals surface area contributed by atoms with E-state index in [0.29, 0.717) is 30.7 Å². The monoisotopic (exact) mass is 414 g/mol. The van der Waals surface area contributed by atoms with E-state index in [1.54, 1.807) is 19.1 Å². The molecule has 2 atom stereocenters. The van der Waals surface area contributed by atoms with Gasteiger partial charge in [0.2, 0.25) is 11.8 Å². The number of ether oxygens (including phenoxy) is 1. The first kappa shape index (κ1) is 19.8. The van der Waals surface area contributed by atoms with Gasteiger partial charge in [0.05, 0.1) is 5.41 Å². The molecule has 6 rings (SSSR count). The summed E-state index contributed by atoms with van der Waals surface area (Å²) in [5.74, 6) is 1.67. The van der Waals surface area contributed by atoms with Crippen molar-refractivity contribution in [3.8, 4) is 5.75 Å². The predicted octanol–water partition coefficient (Wildman–Crippen LogP) is 3.67. The van der Waals surface area contributed by atoms with Crippen molar-refractivity contribution in [2.75, 3.05) is 13.1 Å². The molecule has 1 aromatic carbocycles. The van der Waals surface area contributed by atoms with Gasteiger partial charge >= 0.3 is 0 Å². The van der Waals surface area contributed by atoms with E-state index >= 15 is 0 Å². The number of likely N-dealkylation sites (tertiary alicyclic amines) is 1. The Labute approximate surface area is 177 Å². The minimum atomic E-state index is -0.303. The van der Waals surface area contributed by atoms with Gasteiger partial charge in [-0.1, -0.05) is 6.07 Å². The maximum absolute atomic E-state index is 13.7. The summed E-state index contributed by atoms with van der Waals surface area (Å²) in [4.78, 5) is 27.6. The van der Waals surface area contributed by atoms with Crippen LogP contribution >= 0.6 is 0 Å². The fourth-order valence-electron chi connectivity index (χ4n) is 7.28. The second-order valence-corrected chi connectivity index (χ2v) is 10.3. The lowest BCUT2D eigenvalue weighted by Gasteiger charge is -2.62. The van der Waals surface area contributed by atoms with Gasteiger partial charge in [-0.3, -0.25) is 9.59 Å². The number of piperidine rings is 1. The van der Waals surface area contributed by atoms with Crippen molar-refractivity contribution in [1.82, 2.24) is 10.2 Å². The zero-order valence-electron chi connectivity index (χ0n) is 17.7. The highest BCUT2D eigenvalue weighted by Gasteiger charge is 2.61. The zero-order valence-corrected chi connectivity index (χ0v) is 17.7. The first-order valence-electron chi connectivity index (χ1n) is 11.4. The van der Waals surface area contributed by atoms with Gasteiger partial charge in [0.15, 0.2) is 0 Å². The summed E-state index contributed by atoms with van der Waals surface area (Å²) < 4.78 is 19.3. The third-order valence-corrected chi connectivity index (χ3v) is 7.78. The molecule has 4 aliphatic carbocycles. The minimum Gasteiger partial charge on any atom is -0.490 e. The van der Waals surface area contributed by atoms with Crippen LogP contribution in [0.15, 0.2) is 24.3 Å². The van der Waals surface area contributed by atoms with Gasteiger partial charge in [0.1, 0.15) is 17.7 Å². The molecule has 1 N–H and O–H groups in total. The van der Waals surface area contributed by atoms with Crippen molar-refractivity contribution >= 4 is 11.8 Å². The lowest BCUT2D eigenvalue weighted by Crippen LogP contribution is -2.66. The molecule has 4 saturated carbocycles. The molecule has 6 heteroatoms. The second-order valence-electron chi connectivity index (χ2n) is 10.3. The van der Waals surface area contributed by atoms with Crippen molar-refractivity contribution < 1.29 is 18.7 Å². The number of carbonyl (C=O) groups excluding carboxylic acids is 2. The maximum atomic E-state index is 13.7. The number of rotatable bonds is 4. The zero-order chi connectivity index (χ0) is 20.9. The van der Waals surface area contributed by atoms with E-state index in [1.165, 1.54) is 18.6 Å². The second kappa shape index (κ2) is 7.24. The summed E-state index contributed by atoms with van der Waals surface area (Å²) in [6, 6.07) is 6.25. The fraction of sp³-hybridized carbons (Fsp3) is 0.667. The molecule has 0 aromatic heterocycles. The van der Waals surface area contributed by atoms with Crippen molar-refractivity contribution in [3.05, 3.63) is 30.1 Å². The van der Waals surface area contributed by atoms with Crippen LogP contribution in [0.25, 0.3) is 0 Å². The van der Waals surface area contributed by atoms with Gasteiger partial charge in [0, 0.05) is 44.5 Å². The predicted molar refractivity (Wildman–Crippen MR) is 110 cm³/mol. The van der Waals surface area contributed by atoms with E-state index < -0.39 is 0 Å². The van der Waals surface area contributed by atoms with Crippen LogP contribution in [-0.2, 0) is 9.59 Å². The average Bonchev–Trinajstić information content (AvgIpc) is 2.66. The Bertz CT molecular complexity index is 835. The number of nitrogens with zero attached hydrogens (tertiary/aromatic N) is 1. The molecular weight excluding hydrogens is 383 g/mol. The molecule has 5 aliphatic rings. The number of nitrogens with one attached hydrogen (secondary N) is 1. The normalized spacial score (nSPS) is 35.3. The van der Waals surface area contributed by atoms with E-state index in [4.69, 9.17) is 4.74 Å². The van der Waals surface area contributed by atoms with E-state index in [-0.39, 0.29) is 34.7 Å². The molecule has 4 bridgehead atoms. The highest BCUT2D eigenvalue weighted by Crippen LogP contribution is 2.62. The lowest BCUT2D eigenvalue weighted by atomic mass is 9.46. The number of hydrogen-bond donors (Lipinski definition) is 1. The molecule has 162 valence electrons. The van der Waals surface area contributed by atoms with Crippen LogP contribution in [0.3, 0.4) is 0 Å². The van der Waals surface area contributed by atoms with Gasteiger partial charge in [0.25, 0.3) is 0 Å². The summed E-state index contributed by atoms with van der Waals surface area (Å²) in [5, 5.41) is 3.25. The van der Waals surface area contributed by atoms with Crippen LogP contribution in [0, 0.1) is 23.1 Å². The minimum absolute atomic E-state index is 0.0120. The molecule has 0 spiro atoms. The molecule has 2 unspecified atom stereocenters. The molecule has 1 aliphatic heterocycles. The van der Waals surface area contributed by atoms with E-state index in [1.807, 2.05) is 4.90 Å². The molecule has 5 nitrogen and oxygen atoms in total.